The first-order valence-electron chi connectivity index (χ1n) is 7.55. The predicted molar refractivity (Wildman–Crippen MR) is 83.9 cm³/mol. The molecule has 20 heavy (non-hydrogen) atoms. The third kappa shape index (κ3) is 5.17. The van der Waals surface area contributed by atoms with Crippen LogP contribution < -0.4 is 0 Å². The Labute approximate surface area is 124 Å². The van der Waals surface area contributed by atoms with E-state index in [0.29, 0.717) is 16.6 Å². The molecule has 4 nitrogen and oxygen atoms in total. The van der Waals surface area contributed by atoms with E-state index >= 15 is 0 Å². The van der Waals surface area contributed by atoms with Gasteiger partial charge in [0.1, 0.15) is 0 Å². The Balaban J connectivity index is 4.67. The fraction of sp³-hybridized carbons (Fsp3) is 0.933. The average Bonchev–Trinajstić information content (AvgIpc) is 2.28. The van der Waals surface area contributed by atoms with Crippen LogP contribution in [0.15, 0.2) is 0 Å². The lowest BCUT2D eigenvalue weighted by molar-refractivity contribution is 0.0455. The number of aliphatic hydroxyl groups excluding tert-OH is 2. The van der Waals surface area contributed by atoms with Crippen molar-refractivity contribution in [3.63, 3.8) is 0 Å². The van der Waals surface area contributed by atoms with Crippen molar-refractivity contribution < 1.29 is 14.6 Å². The monoisotopic (exact) mass is 301 g/mol. The topological polar surface area (TPSA) is 73.5 Å². The second kappa shape index (κ2) is 8.78. The second-order valence-electron chi connectivity index (χ2n) is 6.53. The molecule has 0 amide bonds. The van der Waals surface area contributed by atoms with Gasteiger partial charge in [0.05, 0.1) is 31.3 Å². The van der Waals surface area contributed by atoms with E-state index in [9.17, 15) is 10.2 Å². The lowest BCUT2D eigenvalue weighted by atomic mass is 10.1. The molecular formula is C15H31NO3Si. The minimum atomic E-state index is -1.97. The van der Waals surface area contributed by atoms with Crippen LogP contribution >= 0.6 is 0 Å². The molecule has 2 atom stereocenters. The summed E-state index contributed by atoms with van der Waals surface area (Å²) in [4.78, 5) is 0. The molecule has 118 valence electrons. The molecule has 0 saturated carbocycles. The van der Waals surface area contributed by atoms with Crippen LogP contribution in [-0.4, -0.2) is 37.3 Å². The molecule has 0 aliphatic carbocycles. The van der Waals surface area contributed by atoms with Crippen LogP contribution in [0, 0.1) is 11.3 Å². The molecule has 0 rings (SSSR count). The van der Waals surface area contributed by atoms with Gasteiger partial charge in [-0.05, 0) is 16.6 Å². The summed E-state index contributed by atoms with van der Waals surface area (Å²) >= 11 is 0. The molecule has 5 heteroatoms. The number of nitrogens with zero attached hydrogens (tertiary/aromatic N) is 1. The zero-order chi connectivity index (χ0) is 15.9. The molecule has 0 heterocycles. The summed E-state index contributed by atoms with van der Waals surface area (Å²) in [5.74, 6) is 0. The lowest BCUT2D eigenvalue weighted by Gasteiger charge is -2.42. The average molecular weight is 302 g/mol. The highest BCUT2D eigenvalue weighted by atomic mass is 28.4. The maximum absolute atomic E-state index is 9.98. The van der Waals surface area contributed by atoms with Gasteiger partial charge in [-0.3, -0.25) is 0 Å². The fourth-order valence-corrected chi connectivity index (χ4v) is 8.79. The summed E-state index contributed by atoms with van der Waals surface area (Å²) in [5, 5.41) is 28.0. The van der Waals surface area contributed by atoms with Gasteiger partial charge in [0.25, 0.3) is 0 Å². The van der Waals surface area contributed by atoms with Gasteiger partial charge >= 0.3 is 0 Å². The van der Waals surface area contributed by atoms with Crippen molar-refractivity contribution in [1.82, 2.24) is 0 Å². The molecule has 0 aliphatic heterocycles. The molecule has 2 N–H and O–H groups in total. The second-order valence-corrected chi connectivity index (χ2v) is 12.0. The van der Waals surface area contributed by atoms with Crippen LogP contribution in [0.25, 0.3) is 0 Å². The van der Waals surface area contributed by atoms with Crippen molar-refractivity contribution in [1.29, 1.82) is 5.26 Å². The highest BCUT2D eigenvalue weighted by molar-refractivity contribution is 6.77. The van der Waals surface area contributed by atoms with Crippen molar-refractivity contribution in [3.05, 3.63) is 0 Å². The molecule has 0 aromatic carbocycles. The zero-order valence-corrected chi connectivity index (χ0v) is 14.8. The van der Waals surface area contributed by atoms with Crippen LogP contribution in [0.4, 0.5) is 0 Å². The molecule has 0 spiro atoms. The van der Waals surface area contributed by atoms with Gasteiger partial charge < -0.3 is 14.6 Å². The number of hydrogen-bond acceptors (Lipinski definition) is 4. The molecule has 0 radical (unpaired) electrons. The maximum atomic E-state index is 9.98. The van der Waals surface area contributed by atoms with Crippen molar-refractivity contribution in [2.45, 2.75) is 83.2 Å². The largest absolute Gasteiger partial charge is 0.413 e. The van der Waals surface area contributed by atoms with Crippen molar-refractivity contribution in [2.24, 2.45) is 0 Å². The van der Waals surface area contributed by atoms with E-state index in [1.807, 2.05) is 6.07 Å². The van der Waals surface area contributed by atoms with Crippen molar-refractivity contribution in [2.75, 3.05) is 6.61 Å². The molecule has 0 saturated heterocycles. The van der Waals surface area contributed by atoms with Crippen LogP contribution in [0.2, 0.25) is 16.6 Å². The third-order valence-corrected chi connectivity index (χ3v) is 10.2. The predicted octanol–water partition coefficient (Wildman–Crippen LogP) is 3.20. The third-order valence-electron chi connectivity index (χ3n) is 4.10. The van der Waals surface area contributed by atoms with E-state index in [2.05, 4.69) is 41.5 Å². The van der Waals surface area contributed by atoms with Gasteiger partial charge in [-0.15, -0.1) is 0 Å². The van der Waals surface area contributed by atoms with E-state index in [1.165, 1.54) is 0 Å². The summed E-state index contributed by atoms with van der Waals surface area (Å²) in [6.45, 7) is 13.4. The number of rotatable bonds is 9. The molecule has 0 aliphatic rings. The Morgan fingerprint density at radius 3 is 1.75 bits per heavy atom. The summed E-state index contributed by atoms with van der Waals surface area (Å²) in [5.41, 5.74) is 1.41. The van der Waals surface area contributed by atoms with Gasteiger partial charge in [0.15, 0.2) is 8.32 Å². The summed E-state index contributed by atoms with van der Waals surface area (Å²) in [6.07, 6.45) is -1.22. The van der Waals surface area contributed by atoms with E-state index in [4.69, 9.17) is 9.69 Å². The summed E-state index contributed by atoms with van der Waals surface area (Å²) in [6, 6.07) is 1.91. The molecule has 0 bridgehead atoms. The SMILES string of the molecule is CC(C)[Si](OC[C@@H](O)C[C@@H](O)CC#N)(C(C)C)C(C)C. The molecular weight excluding hydrogens is 270 g/mol. The minimum absolute atomic E-state index is 0.0537. The van der Waals surface area contributed by atoms with E-state index in [1.54, 1.807) is 0 Å². The molecule has 0 fully saturated rings. The highest BCUT2D eigenvalue weighted by Gasteiger charge is 2.45. The number of aliphatic hydroxyl groups is 2. The van der Waals surface area contributed by atoms with Crippen molar-refractivity contribution in [3.8, 4) is 6.07 Å². The van der Waals surface area contributed by atoms with Crippen LogP contribution in [-0.2, 0) is 4.43 Å². The van der Waals surface area contributed by atoms with Gasteiger partial charge in [0.2, 0.25) is 0 Å². The van der Waals surface area contributed by atoms with Gasteiger partial charge in [0, 0.05) is 6.42 Å². The fourth-order valence-electron chi connectivity index (χ4n) is 3.31. The molecule has 0 unspecified atom stereocenters. The normalized spacial score (nSPS) is 15.7. The maximum Gasteiger partial charge on any atom is 0.200 e. The lowest BCUT2D eigenvalue weighted by Crippen LogP contribution is -2.49. The van der Waals surface area contributed by atoms with Crippen molar-refractivity contribution >= 4 is 8.32 Å². The Morgan fingerprint density at radius 1 is 0.950 bits per heavy atom. The first-order valence-corrected chi connectivity index (χ1v) is 9.69. The van der Waals surface area contributed by atoms with E-state index in [0.717, 1.165) is 0 Å². The Hall–Kier alpha value is -0.413. The summed E-state index contributed by atoms with van der Waals surface area (Å²) in [7, 11) is -1.97. The first kappa shape index (κ1) is 19.6. The Bertz CT molecular complexity index is 291. The van der Waals surface area contributed by atoms with E-state index in [-0.39, 0.29) is 19.4 Å². The number of hydrogen-bond donors (Lipinski definition) is 2. The Morgan fingerprint density at radius 2 is 1.40 bits per heavy atom. The van der Waals surface area contributed by atoms with E-state index < -0.39 is 20.5 Å². The smallest absolute Gasteiger partial charge is 0.200 e. The van der Waals surface area contributed by atoms with Gasteiger partial charge in [-0.1, -0.05) is 41.5 Å². The van der Waals surface area contributed by atoms with Crippen LogP contribution in [0.1, 0.15) is 54.4 Å². The van der Waals surface area contributed by atoms with Gasteiger partial charge in [-0.2, -0.15) is 5.26 Å². The molecule has 0 aromatic heterocycles. The molecule has 0 aromatic rings. The quantitative estimate of drug-likeness (QED) is 0.641. The first-order chi connectivity index (χ1) is 9.18. The highest BCUT2D eigenvalue weighted by Crippen LogP contribution is 2.42. The van der Waals surface area contributed by atoms with Gasteiger partial charge in [-0.25, -0.2) is 0 Å². The minimum Gasteiger partial charge on any atom is -0.413 e. The summed E-state index contributed by atoms with van der Waals surface area (Å²) < 4.78 is 6.25. The number of nitriles is 1. The van der Waals surface area contributed by atoms with Crippen LogP contribution in [0.5, 0.6) is 0 Å². The standard InChI is InChI=1S/C15H31NO3Si/c1-11(2)20(12(3)4,13(5)6)19-10-15(18)9-14(17)7-8-16/h11-15,17-18H,7,9-10H2,1-6H3/t14-,15-/m0/s1. The van der Waals surface area contributed by atoms with Crippen LogP contribution in [0.3, 0.4) is 0 Å². The zero-order valence-electron chi connectivity index (χ0n) is 13.8. The Kier molecular flexibility index (Phi) is 8.60.